The van der Waals surface area contributed by atoms with Crippen molar-refractivity contribution in [2.24, 2.45) is 0 Å². The van der Waals surface area contributed by atoms with Gasteiger partial charge in [0.05, 0.1) is 16.8 Å². The summed E-state index contributed by atoms with van der Waals surface area (Å²) in [5.41, 5.74) is 12.1. The monoisotopic (exact) mass is 360 g/mol. The second kappa shape index (κ2) is 6.45. The molecule has 0 saturated carbocycles. The van der Waals surface area contributed by atoms with Crippen LogP contribution in [0.15, 0.2) is 41.1 Å². The number of nitrogens with two attached hydrogens (primary N) is 2. The number of thiophene rings is 1. The number of nitrogen functional groups attached to an aromatic ring is 2. The molecule has 0 aliphatic rings. The van der Waals surface area contributed by atoms with Gasteiger partial charge in [-0.2, -0.15) is 29.5 Å². The lowest BCUT2D eigenvalue weighted by atomic mass is 10.0. The Hall–Kier alpha value is -3.05. The lowest BCUT2D eigenvalue weighted by Gasteiger charge is -2.11. The first kappa shape index (κ1) is 16.8. The van der Waals surface area contributed by atoms with E-state index in [9.17, 15) is 13.2 Å². The predicted octanol–water partition coefficient (Wildman–Crippen LogP) is 3.79. The van der Waals surface area contributed by atoms with Gasteiger partial charge in [0.2, 0.25) is 5.95 Å². The molecule has 4 N–H and O–H groups in total. The van der Waals surface area contributed by atoms with Crippen LogP contribution in [-0.2, 0) is 6.18 Å². The maximum Gasteiger partial charge on any atom is 0.416 e. The Morgan fingerprint density at radius 1 is 1.04 bits per heavy atom. The summed E-state index contributed by atoms with van der Waals surface area (Å²) in [6.45, 7) is 0. The van der Waals surface area contributed by atoms with E-state index >= 15 is 0 Å². The normalized spacial score (nSPS) is 11.0. The van der Waals surface area contributed by atoms with Crippen molar-refractivity contribution in [2.75, 3.05) is 11.5 Å². The number of alkyl halides is 3. The quantitative estimate of drug-likeness (QED) is 0.647. The molecule has 0 radical (unpaired) electrons. The highest BCUT2D eigenvalue weighted by Crippen LogP contribution is 2.33. The van der Waals surface area contributed by atoms with Crippen LogP contribution in [0.5, 0.6) is 0 Å². The summed E-state index contributed by atoms with van der Waals surface area (Å²) in [7, 11) is 0. The van der Waals surface area contributed by atoms with E-state index in [1.807, 2.05) is 16.8 Å². The largest absolute Gasteiger partial charge is 0.416 e. The van der Waals surface area contributed by atoms with Crippen LogP contribution in [0.2, 0.25) is 0 Å². The van der Waals surface area contributed by atoms with Gasteiger partial charge in [-0.1, -0.05) is 24.0 Å². The molecular weight excluding hydrogens is 349 g/mol. The Labute approximate surface area is 145 Å². The Bertz CT molecular complexity index is 970. The highest BCUT2D eigenvalue weighted by Gasteiger charge is 2.30. The average Bonchev–Trinajstić information content (AvgIpc) is 3.06. The summed E-state index contributed by atoms with van der Waals surface area (Å²) < 4.78 is 38.9. The van der Waals surface area contributed by atoms with Crippen molar-refractivity contribution in [1.29, 1.82) is 0 Å². The minimum absolute atomic E-state index is 0.0163. The molecule has 25 heavy (non-hydrogen) atoms. The van der Waals surface area contributed by atoms with Gasteiger partial charge in [0, 0.05) is 16.5 Å². The first-order valence-electron chi connectivity index (χ1n) is 6.99. The molecule has 4 nitrogen and oxygen atoms in total. The average molecular weight is 360 g/mol. The Morgan fingerprint density at radius 3 is 2.52 bits per heavy atom. The van der Waals surface area contributed by atoms with Crippen molar-refractivity contribution in [2.45, 2.75) is 6.18 Å². The Balaban J connectivity index is 2.16. The fraction of sp³-hybridized carbons (Fsp3) is 0.0588. The fourth-order valence-corrected chi connectivity index (χ4v) is 2.73. The minimum Gasteiger partial charge on any atom is -0.382 e. The molecule has 3 aromatic rings. The lowest BCUT2D eigenvalue weighted by molar-refractivity contribution is -0.137. The summed E-state index contributed by atoms with van der Waals surface area (Å²) in [6, 6.07) is 6.57. The highest BCUT2D eigenvalue weighted by atomic mass is 32.1. The standard InChI is InChI=1S/C17H11F3N4S/c18-17(19,20)12-3-1-2-11(8-12)14-13(15(21)24-16(22)23-14)5-4-10-6-7-25-9-10/h1-3,6-9H,(H4,21,22,23,24). The maximum atomic E-state index is 13.0. The number of halogens is 3. The molecule has 1 aromatic carbocycles. The van der Waals surface area contributed by atoms with Crippen molar-refractivity contribution >= 4 is 23.1 Å². The van der Waals surface area contributed by atoms with Gasteiger partial charge in [-0.25, -0.2) is 4.98 Å². The molecule has 0 saturated heterocycles. The molecule has 0 amide bonds. The zero-order chi connectivity index (χ0) is 18.0. The van der Waals surface area contributed by atoms with Gasteiger partial charge >= 0.3 is 6.18 Å². The van der Waals surface area contributed by atoms with Gasteiger partial charge in [0.25, 0.3) is 0 Å². The molecule has 2 heterocycles. The van der Waals surface area contributed by atoms with E-state index in [-0.39, 0.29) is 28.6 Å². The summed E-state index contributed by atoms with van der Waals surface area (Å²) in [5.74, 6) is 5.61. The zero-order valence-corrected chi connectivity index (χ0v) is 13.4. The molecule has 0 spiro atoms. The second-order valence-corrected chi connectivity index (χ2v) is 5.81. The molecule has 2 aromatic heterocycles. The molecule has 0 unspecified atom stereocenters. The number of benzene rings is 1. The van der Waals surface area contributed by atoms with Crippen LogP contribution < -0.4 is 11.5 Å². The minimum atomic E-state index is -4.47. The first-order valence-corrected chi connectivity index (χ1v) is 7.93. The van der Waals surface area contributed by atoms with Crippen LogP contribution in [0, 0.1) is 11.8 Å². The Kier molecular flexibility index (Phi) is 4.33. The van der Waals surface area contributed by atoms with E-state index in [0.29, 0.717) is 0 Å². The smallest absolute Gasteiger partial charge is 0.382 e. The van der Waals surface area contributed by atoms with Gasteiger partial charge < -0.3 is 11.5 Å². The predicted molar refractivity (Wildman–Crippen MR) is 91.6 cm³/mol. The van der Waals surface area contributed by atoms with Crippen LogP contribution in [0.1, 0.15) is 16.7 Å². The maximum absolute atomic E-state index is 13.0. The third-order valence-corrected chi connectivity index (χ3v) is 3.95. The number of hydrogen-bond acceptors (Lipinski definition) is 5. The van der Waals surface area contributed by atoms with E-state index in [1.54, 1.807) is 0 Å². The summed E-state index contributed by atoms with van der Waals surface area (Å²) in [5, 5.41) is 3.70. The number of anilines is 2. The molecule has 3 rings (SSSR count). The number of aromatic nitrogens is 2. The molecule has 0 fully saturated rings. The van der Waals surface area contributed by atoms with E-state index in [1.165, 1.54) is 23.5 Å². The van der Waals surface area contributed by atoms with Gasteiger partial charge in [-0.05, 0) is 23.6 Å². The van der Waals surface area contributed by atoms with Gasteiger partial charge in [-0.15, -0.1) is 0 Å². The summed E-state index contributed by atoms with van der Waals surface area (Å²) >= 11 is 1.48. The Morgan fingerprint density at radius 2 is 1.84 bits per heavy atom. The van der Waals surface area contributed by atoms with Crippen molar-refractivity contribution in [3.63, 3.8) is 0 Å². The topological polar surface area (TPSA) is 77.8 Å². The van der Waals surface area contributed by atoms with Crippen molar-refractivity contribution < 1.29 is 13.2 Å². The van der Waals surface area contributed by atoms with Gasteiger partial charge in [-0.3, -0.25) is 0 Å². The molecule has 0 atom stereocenters. The van der Waals surface area contributed by atoms with E-state index in [2.05, 4.69) is 21.8 Å². The molecule has 0 bridgehead atoms. The van der Waals surface area contributed by atoms with Crippen molar-refractivity contribution in [3.8, 4) is 23.1 Å². The third kappa shape index (κ3) is 3.72. The van der Waals surface area contributed by atoms with E-state index < -0.39 is 11.7 Å². The van der Waals surface area contributed by atoms with Crippen LogP contribution in [0.4, 0.5) is 24.9 Å². The van der Waals surface area contributed by atoms with Crippen LogP contribution >= 0.6 is 11.3 Å². The van der Waals surface area contributed by atoms with Crippen LogP contribution in [-0.4, -0.2) is 9.97 Å². The van der Waals surface area contributed by atoms with Crippen molar-refractivity contribution in [1.82, 2.24) is 9.97 Å². The van der Waals surface area contributed by atoms with Crippen LogP contribution in [0.25, 0.3) is 11.3 Å². The van der Waals surface area contributed by atoms with Crippen molar-refractivity contribution in [3.05, 3.63) is 57.8 Å². The van der Waals surface area contributed by atoms with Gasteiger partial charge in [0.1, 0.15) is 5.82 Å². The molecular formula is C17H11F3N4S. The molecule has 126 valence electrons. The lowest BCUT2D eigenvalue weighted by Crippen LogP contribution is -2.07. The molecule has 8 heteroatoms. The molecule has 0 aliphatic heterocycles. The van der Waals surface area contributed by atoms with Gasteiger partial charge in [0.15, 0.2) is 0 Å². The fourth-order valence-electron chi connectivity index (χ4n) is 2.14. The number of rotatable bonds is 1. The first-order chi connectivity index (χ1) is 11.8. The third-order valence-electron chi connectivity index (χ3n) is 3.27. The van der Waals surface area contributed by atoms with E-state index in [0.717, 1.165) is 17.7 Å². The number of nitrogens with zero attached hydrogens (tertiary/aromatic N) is 2. The SMILES string of the molecule is Nc1nc(N)c(C#Cc2ccsc2)c(-c2cccc(C(F)(F)F)c2)n1. The zero-order valence-electron chi connectivity index (χ0n) is 12.6. The summed E-state index contributed by atoms with van der Waals surface area (Å²) in [6.07, 6.45) is -4.47. The number of hydrogen-bond donors (Lipinski definition) is 2. The second-order valence-electron chi connectivity index (χ2n) is 5.03. The highest BCUT2D eigenvalue weighted by molar-refractivity contribution is 7.08. The van der Waals surface area contributed by atoms with Crippen LogP contribution in [0.3, 0.4) is 0 Å². The molecule has 0 aliphatic carbocycles. The summed E-state index contributed by atoms with van der Waals surface area (Å²) in [4.78, 5) is 7.90. The van der Waals surface area contributed by atoms with E-state index in [4.69, 9.17) is 11.5 Å².